The predicted octanol–water partition coefficient (Wildman–Crippen LogP) is 3.19. The van der Waals surface area contributed by atoms with Crippen molar-refractivity contribution in [3.05, 3.63) is 53.1 Å². The first-order valence-corrected chi connectivity index (χ1v) is 7.47. The second kappa shape index (κ2) is 8.21. The molecule has 6 nitrogen and oxygen atoms in total. The Morgan fingerprint density at radius 1 is 1.12 bits per heavy atom. The summed E-state index contributed by atoms with van der Waals surface area (Å²) >= 11 is 6.03. The molecular formula is C17H17ClN2O4. The number of ether oxygens (including phenoxy) is 2. The zero-order valence-corrected chi connectivity index (χ0v) is 14.0. The highest BCUT2D eigenvalue weighted by Gasteiger charge is 2.13. The number of para-hydroxylation sites is 1. The number of benzene rings is 2. The van der Waals surface area contributed by atoms with Crippen LogP contribution in [-0.4, -0.2) is 32.6 Å². The van der Waals surface area contributed by atoms with Crippen LogP contribution in [0.4, 0.5) is 11.4 Å². The number of nitrogens with one attached hydrogen (secondary N) is 2. The number of carbonyl (C=O) groups is 2. The Labute approximate surface area is 144 Å². The first kappa shape index (κ1) is 17.6. The van der Waals surface area contributed by atoms with E-state index in [0.29, 0.717) is 27.7 Å². The van der Waals surface area contributed by atoms with E-state index in [2.05, 4.69) is 10.6 Å². The number of methoxy groups -OCH3 is 2. The summed E-state index contributed by atoms with van der Waals surface area (Å²) in [5.74, 6) is -0.266. The maximum Gasteiger partial charge on any atom is 0.339 e. The van der Waals surface area contributed by atoms with Crippen molar-refractivity contribution in [2.24, 2.45) is 0 Å². The average Bonchev–Trinajstić information content (AvgIpc) is 2.60. The van der Waals surface area contributed by atoms with Gasteiger partial charge in [-0.25, -0.2) is 4.79 Å². The van der Waals surface area contributed by atoms with E-state index in [1.165, 1.54) is 14.2 Å². The highest BCUT2D eigenvalue weighted by Crippen LogP contribution is 2.27. The van der Waals surface area contributed by atoms with Crippen LogP contribution in [0, 0.1) is 0 Å². The molecule has 0 aliphatic rings. The van der Waals surface area contributed by atoms with Gasteiger partial charge in [0.1, 0.15) is 5.75 Å². The van der Waals surface area contributed by atoms with Crippen molar-refractivity contribution in [2.45, 2.75) is 0 Å². The van der Waals surface area contributed by atoms with Crippen molar-refractivity contribution >= 4 is 34.9 Å². The third kappa shape index (κ3) is 4.39. The van der Waals surface area contributed by atoms with Gasteiger partial charge < -0.3 is 20.1 Å². The van der Waals surface area contributed by atoms with Gasteiger partial charge in [-0.15, -0.1) is 0 Å². The van der Waals surface area contributed by atoms with Gasteiger partial charge in [0.2, 0.25) is 5.91 Å². The van der Waals surface area contributed by atoms with Gasteiger partial charge in [-0.3, -0.25) is 4.79 Å². The largest absolute Gasteiger partial charge is 0.495 e. The van der Waals surface area contributed by atoms with Crippen molar-refractivity contribution in [1.29, 1.82) is 0 Å². The van der Waals surface area contributed by atoms with Gasteiger partial charge in [0, 0.05) is 5.69 Å². The molecule has 0 aliphatic heterocycles. The minimum atomic E-state index is -0.513. The third-order valence-corrected chi connectivity index (χ3v) is 3.51. The Morgan fingerprint density at radius 3 is 2.54 bits per heavy atom. The Bertz CT molecular complexity index is 749. The smallest absolute Gasteiger partial charge is 0.339 e. The molecule has 0 saturated heterocycles. The van der Waals surface area contributed by atoms with E-state index >= 15 is 0 Å². The maximum absolute atomic E-state index is 12.1. The second-order valence-corrected chi connectivity index (χ2v) is 5.20. The Hall–Kier alpha value is -2.73. The lowest BCUT2D eigenvalue weighted by Gasteiger charge is -2.11. The molecule has 0 unspecified atom stereocenters. The summed E-state index contributed by atoms with van der Waals surface area (Å²) in [7, 11) is 2.82. The van der Waals surface area contributed by atoms with Crippen LogP contribution >= 0.6 is 11.6 Å². The molecular weight excluding hydrogens is 332 g/mol. The molecule has 7 heteroatoms. The molecule has 0 aliphatic carbocycles. The normalized spacial score (nSPS) is 9.96. The first-order chi connectivity index (χ1) is 11.5. The molecule has 0 atom stereocenters. The van der Waals surface area contributed by atoms with Crippen molar-refractivity contribution in [3.8, 4) is 5.75 Å². The molecule has 2 aromatic carbocycles. The third-order valence-electron chi connectivity index (χ3n) is 3.21. The summed E-state index contributed by atoms with van der Waals surface area (Å²) in [6.07, 6.45) is 0. The van der Waals surface area contributed by atoms with Gasteiger partial charge >= 0.3 is 5.97 Å². The van der Waals surface area contributed by atoms with Gasteiger partial charge in [-0.05, 0) is 30.3 Å². The monoisotopic (exact) mass is 348 g/mol. The number of anilines is 2. The molecule has 0 fully saturated rings. The minimum absolute atomic E-state index is 0.0121. The Balaban J connectivity index is 1.99. The molecule has 0 saturated carbocycles. The van der Waals surface area contributed by atoms with Crippen LogP contribution in [0.5, 0.6) is 5.75 Å². The molecule has 0 aromatic heterocycles. The molecule has 126 valence electrons. The summed E-state index contributed by atoms with van der Waals surface area (Å²) in [6.45, 7) is 0.0121. The number of esters is 1. The quantitative estimate of drug-likeness (QED) is 0.784. The van der Waals surface area contributed by atoms with E-state index in [1.54, 1.807) is 42.5 Å². The van der Waals surface area contributed by atoms with Crippen molar-refractivity contribution in [2.75, 3.05) is 31.4 Å². The summed E-state index contributed by atoms with van der Waals surface area (Å²) in [5, 5.41) is 6.07. The van der Waals surface area contributed by atoms with Crippen molar-refractivity contribution in [1.82, 2.24) is 0 Å². The van der Waals surface area contributed by atoms with Crippen LogP contribution in [0.2, 0.25) is 5.02 Å². The van der Waals surface area contributed by atoms with E-state index < -0.39 is 5.97 Å². The predicted molar refractivity (Wildman–Crippen MR) is 92.9 cm³/mol. The highest BCUT2D eigenvalue weighted by molar-refractivity contribution is 6.32. The SMILES string of the molecule is COC(=O)c1ccccc1NC(=O)CNc1ccc(OC)c(Cl)c1. The summed E-state index contributed by atoms with van der Waals surface area (Å²) < 4.78 is 9.76. The summed E-state index contributed by atoms with van der Waals surface area (Å²) in [5.41, 5.74) is 1.36. The number of rotatable bonds is 6. The lowest BCUT2D eigenvalue weighted by atomic mass is 10.2. The summed E-state index contributed by atoms with van der Waals surface area (Å²) in [4.78, 5) is 23.8. The zero-order chi connectivity index (χ0) is 17.5. The number of hydrogen-bond donors (Lipinski definition) is 2. The maximum atomic E-state index is 12.1. The molecule has 2 rings (SSSR count). The number of amides is 1. The topological polar surface area (TPSA) is 76.7 Å². The molecule has 2 N–H and O–H groups in total. The minimum Gasteiger partial charge on any atom is -0.495 e. The molecule has 1 amide bonds. The van der Waals surface area contributed by atoms with Gasteiger partial charge in [0.05, 0.1) is 37.0 Å². The zero-order valence-electron chi connectivity index (χ0n) is 13.3. The van der Waals surface area contributed by atoms with E-state index in [4.69, 9.17) is 21.1 Å². The van der Waals surface area contributed by atoms with Gasteiger partial charge in [-0.2, -0.15) is 0 Å². The standard InChI is InChI=1S/C17H17ClN2O4/c1-23-15-8-7-11(9-13(15)18)19-10-16(21)20-14-6-4-3-5-12(14)17(22)24-2/h3-9,19H,10H2,1-2H3,(H,20,21). The fourth-order valence-electron chi connectivity index (χ4n) is 2.03. The van der Waals surface area contributed by atoms with Crippen LogP contribution in [0.15, 0.2) is 42.5 Å². The van der Waals surface area contributed by atoms with E-state index in [1.807, 2.05) is 0 Å². The molecule has 0 bridgehead atoms. The number of halogens is 1. The van der Waals surface area contributed by atoms with E-state index in [9.17, 15) is 9.59 Å². The molecule has 24 heavy (non-hydrogen) atoms. The summed E-state index contributed by atoms with van der Waals surface area (Å²) in [6, 6.07) is 11.7. The van der Waals surface area contributed by atoms with Crippen molar-refractivity contribution < 1.29 is 19.1 Å². The highest BCUT2D eigenvalue weighted by atomic mass is 35.5. The van der Waals surface area contributed by atoms with Gasteiger partial charge in [0.15, 0.2) is 0 Å². The molecule has 0 heterocycles. The first-order valence-electron chi connectivity index (χ1n) is 7.09. The molecule has 2 aromatic rings. The van der Waals surface area contributed by atoms with E-state index in [0.717, 1.165) is 0 Å². The second-order valence-electron chi connectivity index (χ2n) is 4.79. The fraction of sp³-hybridized carbons (Fsp3) is 0.176. The van der Waals surface area contributed by atoms with Crippen LogP contribution in [0.1, 0.15) is 10.4 Å². The van der Waals surface area contributed by atoms with Crippen LogP contribution < -0.4 is 15.4 Å². The number of hydrogen-bond acceptors (Lipinski definition) is 5. The number of carbonyl (C=O) groups excluding carboxylic acids is 2. The van der Waals surface area contributed by atoms with Crippen molar-refractivity contribution in [3.63, 3.8) is 0 Å². The van der Waals surface area contributed by atoms with Crippen LogP contribution in [0.25, 0.3) is 0 Å². The fourth-order valence-corrected chi connectivity index (χ4v) is 2.29. The lowest BCUT2D eigenvalue weighted by Crippen LogP contribution is -2.23. The Morgan fingerprint density at radius 2 is 1.88 bits per heavy atom. The van der Waals surface area contributed by atoms with Gasteiger partial charge in [-0.1, -0.05) is 23.7 Å². The Kier molecular flexibility index (Phi) is 6.03. The van der Waals surface area contributed by atoms with E-state index in [-0.39, 0.29) is 12.5 Å². The molecule has 0 spiro atoms. The average molecular weight is 349 g/mol. The van der Waals surface area contributed by atoms with Crippen LogP contribution in [0.3, 0.4) is 0 Å². The van der Waals surface area contributed by atoms with Crippen LogP contribution in [-0.2, 0) is 9.53 Å². The van der Waals surface area contributed by atoms with Gasteiger partial charge in [0.25, 0.3) is 0 Å². The lowest BCUT2D eigenvalue weighted by molar-refractivity contribution is -0.114. The molecule has 0 radical (unpaired) electrons.